The van der Waals surface area contributed by atoms with Crippen LogP contribution in [0.3, 0.4) is 0 Å². The Hall–Kier alpha value is -11.3. The summed E-state index contributed by atoms with van der Waals surface area (Å²) in [6, 6.07) is 176. The van der Waals surface area contributed by atoms with Crippen LogP contribution >= 0.6 is 47.6 Å². The largest absolute Gasteiger partial charge is 1.00 e. The number of aryl methyl sites for hydroxylation is 2. The van der Waals surface area contributed by atoms with Crippen molar-refractivity contribution < 1.29 is 61.3 Å². The van der Waals surface area contributed by atoms with E-state index in [0.717, 1.165) is 31.4 Å². The Morgan fingerprint density at radius 2 is 0.489 bits per heavy atom. The number of benzene rings is 15. The number of aromatic nitrogens is 5. The van der Waals surface area contributed by atoms with Crippen LogP contribution in [0.5, 0.6) is 0 Å². The van der Waals surface area contributed by atoms with E-state index in [0.29, 0.717) is 0 Å². The second-order valence-corrected chi connectivity index (χ2v) is 54.6. The van der Waals surface area contributed by atoms with Crippen molar-refractivity contribution in [2.24, 2.45) is 0 Å². The summed E-state index contributed by atoms with van der Waals surface area (Å²) in [6.45, 7) is 7.22. The van der Waals surface area contributed by atoms with Crippen molar-refractivity contribution in [1.29, 1.82) is 0 Å². The van der Waals surface area contributed by atoms with Crippen molar-refractivity contribution in [1.82, 2.24) is 30.2 Å². The molecule has 20 aromatic rings. The fourth-order valence-corrected chi connectivity index (χ4v) is 26.1. The van der Waals surface area contributed by atoms with Crippen molar-refractivity contribution in [3.8, 4) is 0 Å². The molecule has 15 aromatic carbocycles. The van der Waals surface area contributed by atoms with E-state index >= 15 is 0 Å². The van der Waals surface area contributed by atoms with Crippen LogP contribution in [0.4, 0.5) is 0 Å². The predicted molar refractivity (Wildman–Crippen MR) is 606 cm³/mol. The molecule has 1 aliphatic heterocycles. The minimum absolute atomic E-state index is 0. The number of alkyl halides is 1. The Morgan fingerprint density at radius 3 is 0.669 bits per heavy atom. The monoisotopic (exact) mass is 2160 g/mol. The summed E-state index contributed by atoms with van der Waals surface area (Å²) in [5.41, 5.74) is 5.13. The second kappa shape index (κ2) is 67.9. The Balaban J connectivity index is 0.000000240. The van der Waals surface area contributed by atoms with E-state index in [9.17, 15) is 0 Å². The molecule has 17 heteroatoms. The van der Waals surface area contributed by atoms with E-state index in [1.165, 1.54) is 106 Å². The number of hydrogen-bond donors (Lipinski definition) is 2. The van der Waals surface area contributed by atoms with Gasteiger partial charge in [-0.1, -0.05) is 465 Å². The summed E-state index contributed by atoms with van der Waals surface area (Å²) < 4.78 is 1.36. The van der Waals surface area contributed by atoms with Crippen molar-refractivity contribution in [3.05, 3.63) is 569 Å². The van der Waals surface area contributed by atoms with Crippen LogP contribution in [0.25, 0.3) is 21.5 Å². The van der Waals surface area contributed by atoms with Crippen LogP contribution in [0, 0.1) is 13.8 Å². The normalized spacial score (nSPS) is 10.3. The summed E-state index contributed by atoms with van der Waals surface area (Å²) >= 11 is 1.11. The third kappa shape index (κ3) is 42.0. The van der Waals surface area contributed by atoms with E-state index in [-0.39, 0.29) is 59.8 Å². The Morgan fingerprint density at radius 1 is 0.288 bits per heavy atom. The van der Waals surface area contributed by atoms with Crippen LogP contribution in [-0.4, -0.2) is 75.2 Å². The zero-order chi connectivity index (χ0) is 95.5. The van der Waals surface area contributed by atoms with Gasteiger partial charge in [0.2, 0.25) is 0 Å². The third-order valence-electron chi connectivity index (χ3n) is 20.3. The van der Waals surface area contributed by atoms with E-state index in [1.54, 1.807) is 12.4 Å². The van der Waals surface area contributed by atoms with Gasteiger partial charge >= 0.3 is 95.8 Å². The Bertz CT molecular complexity index is 5450. The maximum atomic E-state index is 9.00. The van der Waals surface area contributed by atoms with Gasteiger partial charge in [0.05, 0.1) is 0 Å². The van der Waals surface area contributed by atoms with Gasteiger partial charge < -0.3 is 11.8 Å². The van der Waals surface area contributed by atoms with Crippen LogP contribution in [0.15, 0.2) is 547 Å². The number of carbonyl (C=O) groups is 1. The molecular formula is C122H120BBrN6NaO2P4PdSn. The summed E-state index contributed by atoms with van der Waals surface area (Å²) in [7, 11) is -1.78. The first-order valence-electron chi connectivity index (χ1n) is 45.2. The van der Waals surface area contributed by atoms with E-state index in [2.05, 4.69) is 486 Å². The molecule has 21 rings (SSSR count). The van der Waals surface area contributed by atoms with Gasteiger partial charge in [-0.3, -0.25) is 24.7 Å². The number of carboxylic acid groups (broad SMARTS) is 1. The van der Waals surface area contributed by atoms with Crippen molar-refractivity contribution in [2.75, 3.05) is 12.4 Å². The number of halogens is 1. The first kappa shape index (κ1) is 115. The number of pyridine rings is 5. The molecule has 695 valence electrons. The molecule has 2 N–H and O–H groups in total. The molecule has 5 aromatic heterocycles. The number of carboxylic acids is 1. The fraction of sp³-hybridized carbons (Fsp3) is 0.0820. The summed E-state index contributed by atoms with van der Waals surface area (Å²) in [4.78, 5) is 36.4. The zero-order valence-corrected chi connectivity index (χ0v) is 91.8. The first-order valence-corrected chi connectivity index (χ1v) is 62.2. The maximum Gasteiger partial charge on any atom is 1.00 e. The molecule has 0 bridgehead atoms. The summed E-state index contributed by atoms with van der Waals surface area (Å²) in [5, 5.41) is 32.4. The van der Waals surface area contributed by atoms with E-state index < -0.39 is 56.0 Å². The second-order valence-electron chi connectivity index (χ2n) is 31.4. The topological polar surface area (TPSA) is 114 Å². The number of aliphatic carboxylic acids is 1. The number of fused-ring (bicyclic) bond motifs is 3. The molecule has 3 radical (unpaired) electrons. The van der Waals surface area contributed by atoms with Crippen LogP contribution in [-0.2, 0) is 38.2 Å². The number of rotatable bonds is 13. The van der Waals surface area contributed by atoms with Gasteiger partial charge in [-0.15, -0.1) is 0 Å². The molecule has 0 spiro atoms. The predicted octanol–water partition coefficient (Wildman–Crippen LogP) is 21.8. The minimum atomic E-state index is -1.82. The van der Waals surface area contributed by atoms with Crippen molar-refractivity contribution in [2.45, 2.75) is 48.6 Å². The summed E-state index contributed by atoms with van der Waals surface area (Å²) in [5.74, 6) is 0.979. The van der Waals surface area contributed by atoms with Gasteiger partial charge in [0, 0.05) is 90.9 Å². The Labute approximate surface area is 882 Å². The molecule has 0 saturated heterocycles. The number of hydrogen-bond acceptors (Lipinski definition) is 7. The molecule has 1 aliphatic rings. The molecule has 0 fully saturated rings. The van der Waals surface area contributed by atoms with Gasteiger partial charge in [-0.05, 0) is 197 Å². The first-order chi connectivity index (χ1) is 66.8. The molecular weight excluding hydrogens is 2040 g/mol. The van der Waals surface area contributed by atoms with E-state index in [4.69, 9.17) is 9.90 Å². The average molecular weight is 2170 g/mol. The van der Waals surface area contributed by atoms with Crippen LogP contribution < -0.4 is 102 Å². The molecule has 0 amide bonds. The third-order valence-corrected chi connectivity index (χ3v) is 35.3. The van der Waals surface area contributed by atoms with Crippen LogP contribution in [0.2, 0.25) is 14.8 Å². The SMILES string of the molecule is CBr.CC(=O)O.Cc1ccccn1.Cc1ccccn1.[B].[CH3][Sn]([CH3])([CH3])[c]1ccccn1.[H-].[Na+].[Pd].c1ccc(P(c2ccccc2)c2ccccc2)cc1.c1ccc(P(c2ccccc2)c2ccccc2)cc1.c1ccc(P(c2ccccc2)c2ccccc2)cc1.c1ccc(P(c2ccccc2)c2ccccc2)cc1.c1ccc2c(c1)CCNC2.c1ccc2cnccc2c1.c1ccc2cnccc2c1. The Kier molecular flexibility index (Phi) is 56.1. The average Bonchev–Trinajstić information content (AvgIpc) is 0.827. The zero-order valence-electron chi connectivity index (χ0n) is 81.2. The van der Waals surface area contributed by atoms with Crippen molar-refractivity contribution >= 4 is 169 Å². The quantitative estimate of drug-likeness (QED) is 0.0667. The van der Waals surface area contributed by atoms with Gasteiger partial charge in [0.15, 0.2) is 0 Å². The number of nitrogens with zero attached hydrogens (tertiary/aromatic N) is 5. The molecule has 6 heterocycles. The minimum Gasteiger partial charge on any atom is -1.00 e. The number of nitrogens with one attached hydrogen (secondary N) is 1. The van der Waals surface area contributed by atoms with Gasteiger partial charge in [-0.2, -0.15) is 0 Å². The molecule has 0 saturated carbocycles. The standard InChI is InChI=1S/4C18H15P.C9H11N.2C9H7N.2C6H7N.C5H4N.C2H4O2.CH3Br.3CH3.B.Na.Pd.Sn.H/c4*1-4-10-16(11-5-1)19(17-12-6-2-7-13-17)18-14-8-3-9-15-18;3*1-2-4-9-7-10-6-5-8(9)3-1;2*1-6-4-2-3-5-7-6;1-2-4-6-5-3-1;1-2(3)4;1-2;;;;;;;;/h4*1-15H;1-4,10H,5-7H2;2*1-7H;2*2-5H,1H3;1-4H;1H3,(H,3,4);1H3;3*1H3;;;;;/q;;;;;;;;;;;;;;;;+1;;;-1. The van der Waals surface area contributed by atoms with E-state index in [1.807, 2.05) is 130 Å². The molecule has 8 nitrogen and oxygen atoms in total. The van der Waals surface area contributed by atoms with Crippen LogP contribution in [0.1, 0.15) is 30.9 Å². The molecule has 0 atom stereocenters. The molecule has 0 unspecified atom stereocenters. The maximum absolute atomic E-state index is 9.00. The molecule has 139 heavy (non-hydrogen) atoms. The fourth-order valence-electron chi connectivity index (χ4n) is 13.9. The van der Waals surface area contributed by atoms with Gasteiger partial charge in [0.1, 0.15) is 0 Å². The van der Waals surface area contributed by atoms with Gasteiger partial charge in [-0.25, -0.2) is 0 Å². The van der Waals surface area contributed by atoms with Gasteiger partial charge in [0.25, 0.3) is 5.97 Å². The van der Waals surface area contributed by atoms with Crippen molar-refractivity contribution in [3.63, 3.8) is 0 Å². The smallest absolute Gasteiger partial charge is 1.00 e. The summed E-state index contributed by atoms with van der Waals surface area (Å²) in [6.07, 6.45) is 14.0. The molecule has 0 aliphatic carbocycles.